The molecule has 3 heterocycles. The molecule has 8 nitrogen and oxygen atoms in total. The number of aliphatic hydroxyl groups excluding tert-OH is 2. The van der Waals surface area contributed by atoms with Gasteiger partial charge in [0.15, 0.2) is 0 Å². The van der Waals surface area contributed by atoms with Gasteiger partial charge < -0.3 is 25.0 Å². The van der Waals surface area contributed by atoms with Gasteiger partial charge in [-0.25, -0.2) is 4.79 Å². The lowest BCUT2D eigenvalue weighted by atomic mass is 10.1. The van der Waals surface area contributed by atoms with Crippen LogP contribution in [0.25, 0.3) is 0 Å². The number of hydrogen-bond donors (Lipinski definition) is 3. The molecule has 0 saturated carbocycles. The van der Waals surface area contributed by atoms with E-state index in [4.69, 9.17) is 9.47 Å². The predicted molar refractivity (Wildman–Crippen MR) is 68.3 cm³/mol. The van der Waals surface area contributed by atoms with Crippen LogP contribution in [-0.4, -0.2) is 57.8 Å². The van der Waals surface area contributed by atoms with Crippen molar-refractivity contribution in [2.75, 3.05) is 19.0 Å². The summed E-state index contributed by atoms with van der Waals surface area (Å²) in [5.41, 5.74) is -0.452. The molecule has 1 aromatic rings. The maximum absolute atomic E-state index is 12.0. The number of aromatic nitrogens is 2. The zero-order valence-corrected chi connectivity index (χ0v) is 11.0. The second kappa shape index (κ2) is 5.13. The van der Waals surface area contributed by atoms with E-state index in [9.17, 15) is 15.0 Å². The fourth-order valence-corrected chi connectivity index (χ4v) is 2.50. The van der Waals surface area contributed by atoms with Crippen LogP contribution in [0.4, 0.5) is 5.82 Å². The quantitative estimate of drug-likeness (QED) is 0.591. The zero-order valence-electron chi connectivity index (χ0n) is 11.0. The van der Waals surface area contributed by atoms with Gasteiger partial charge in [-0.1, -0.05) is 0 Å². The van der Waals surface area contributed by atoms with Crippen molar-refractivity contribution in [3.05, 3.63) is 22.7 Å². The summed E-state index contributed by atoms with van der Waals surface area (Å²) in [6.45, 7) is -0.332. The van der Waals surface area contributed by atoms with Gasteiger partial charge in [-0.05, 0) is 6.07 Å². The summed E-state index contributed by atoms with van der Waals surface area (Å²) >= 11 is 0. The van der Waals surface area contributed by atoms with Gasteiger partial charge in [0.05, 0.1) is 12.7 Å². The Labute approximate surface area is 115 Å². The molecule has 2 aliphatic heterocycles. The Hall–Kier alpha value is -1.48. The van der Waals surface area contributed by atoms with Gasteiger partial charge in [-0.3, -0.25) is 4.57 Å². The van der Waals surface area contributed by atoms with Gasteiger partial charge >= 0.3 is 5.69 Å². The van der Waals surface area contributed by atoms with Crippen LogP contribution in [-0.2, 0) is 9.47 Å². The SMILES string of the molecule is CNc1ccn(C2C[C@H]3O[C@H]3[C@H](O)[C@@H](CO)O2)c(=O)n1. The fourth-order valence-electron chi connectivity index (χ4n) is 2.50. The molecule has 0 radical (unpaired) electrons. The van der Waals surface area contributed by atoms with Crippen LogP contribution < -0.4 is 11.0 Å². The molecule has 2 saturated heterocycles. The van der Waals surface area contributed by atoms with Crippen LogP contribution in [0.5, 0.6) is 0 Å². The van der Waals surface area contributed by atoms with Gasteiger partial charge in [-0.15, -0.1) is 0 Å². The molecule has 1 unspecified atom stereocenters. The Balaban J connectivity index is 1.87. The van der Waals surface area contributed by atoms with Crippen LogP contribution in [0.15, 0.2) is 17.1 Å². The number of anilines is 1. The van der Waals surface area contributed by atoms with Crippen molar-refractivity contribution in [1.82, 2.24) is 9.55 Å². The van der Waals surface area contributed by atoms with E-state index in [0.717, 1.165) is 0 Å². The first kappa shape index (κ1) is 13.5. The summed E-state index contributed by atoms with van der Waals surface area (Å²) in [5, 5.41) is 22.0. The minimum atomic E-state index is -0.879. The molecule has 3 N–H and O–H groups in total. The first-order valence-corrected chi connectivity index (χ1v) is 6.51. The average Bonchev–Trinajstić information content (AvgIpc) is 3.22. The molecule has 20 heavy (non-hydrogen) atoms. The van der Waals surface area contributed by atoms with Gasteiger partial charge in [0.1, 0.15) is 30.4 Å². The van der Waals surface area contributed by atoms with Crippen molar-refractivity contribution in [2.24, 2.45) is 0 Å². The Morgan fingerprint density at radius 2 is 2.35 bits per heavy atom. The average molecular weight is 283 g/mol. The molecule has 2 aliphatic rings. The normalized spacial score (nSPS) is 36.0. The van der Waals surface area contributed by atoms with Crippen LogP contribution in [0.2, 0.25) is 0 Å². The molecule has 0 amide bonds. The molecule has 0 bridgehead atoms. The minimum absolute atomic E-state index is 0.151. The van der Waals surface area contributed by atoms with Crippen LogP contribution in [0.3, 0.4) is 0 Å². The molecule has 8 heteroatoms. The fraction of sp³-hybridized carbons (Fsp3) is 0.667. The lowest BCUT2D eigenvalue weighted by Crippen LogP contribution is -2.38. The number of nitrogens with zero attached hydrogens (tertiary/aromatic N) is 2. The highest BCUT2D eigenvalue weighted by molar-refractivity contribution is 5.30. The molecular weight excluding hydrogens is 266 g/mol. The van der Waals surface area contributed by atoms with Crippen molar-refractivity contribution in [3.8, 4) is 0 Å². The standard InChI is InChI=1S/C12H17N3O5/c1-13-8-2-3-15(12(18)14-8)9-4-6-11(20-6)10(17)7(5-16)19-9/h2-3,6-7,9-11,16-17H,4-5H2,1H3,(H,13,14,18)/t6-,7-,9?,10-,11-/m1/s1. The highest BCUT2D eigenvalue weighted by Gasteiger charge is 2.52. The van der Waals surface area contributed by atoms with Crippen molar-refractivity contribution in [2.45, 2.75) is 37.1 Å². The lowest BCUT2D eigenvalue weighted by Gasteiger charge is -2.25. The second-order valence-electron chi connectivity index (χ2n) is 4.93. The molecule has 0 aromatic carbocycles. The smallest absolute Gasteiger partial charge is 0.351 e. The van der Waals surface area contributed by atoms with Gasteiger partial charge in [-0.2, -0.15) is 4.98 Å². The maximum atomic E-state index is 12.0. The highest BCUT2D eigenvalue weighted by Crippen LogP contribution is 2.38. The number of epoxide rings is 1. The van der Waals surface area contributed by atoms with E-state index in [1.807, 2.05) is 0 Å². The van der Waals surface area contributed by atoms with E-state index in [2.05, 4.69) is 10.3 Å². The van der Waals surface area contributed by atoms with Crippen molar-refractivity contribution < 1.29 is 19.7 Å². The monoisotopic (exact) mass is 283 g/mol. The van der Waals surface area contributed by atoms with Gasteiger partial charge in [0, 0.05) is 19.7 Å². The molecule has 1 aromatic heterocycles. The number of ether oxygens (including phenoxy) is 2. The number of aliphatic hydroxyl groups is 2. The third-order valence-electron chi connectivity index (χ3n) is 3.68. The maximum Gasteiger partial charge on any atom is 0.351 e. The number of hydrogen-bond acceptors (Lipinski definition) is 7. The summed E-state index contributed by atoms with van der Waals surface area (Å²) in [6, 6.07) is 1.66. The van der Waals surface area contributed by atoms with E-state index < -0.39 is 24.1 Å². The van der Waals surface area contributed by atoms with Crippen molar-refractivity contribution >= 4 is 5.82 Å². The van der Waals surface area contributed by atoms with Gasteiger partial charge in [0.25, 0.3) is 0 Å². The number of nitrogens with one attached hydrogen (secondary N) is 1. The lowest BCUT2D eigenvalue weighted by molar-refractivity contribution is -0.129. The minimum Gasteiger partial charge on any atom is -0.394 e. The third kappa shape index (κ3) is 2.31. The Morgan fingerprint density at radius 3 is 3.00 bits per heavy atom. The van der Waals surface area contributed by atoms with E-state index >= 15 is 0 Å². The van der Waals surface area contributed by atoms with E-state index in [1.165, 1.54) is 4.57 Å². The first-order chi connectivity index (χ1) is 9.63. The summed E-state index contributed by atoms with van der Waals surface area (Å²) in [4.78, 5) is 15.8. The summed E-state index contributed by atoms with van der Waals surface area (Å²) in [6.07, 6.45) is -0.706. The van der Waals surface area contributed by atoms with Gasteiger partial charge in [0.2, 0.25) is 0 Å². The second-order valence-corrected chi connectivity index (χ2v) is 4.93. The Bertz CT molecular complexity index is 548. The molecule has 110 valence electrons. The Kier molecular flexibility index (Phi) is 3.47. The van der Waals surface area contributed by atoms with Crippen LogP contribution in [0.1, 0.15) is 12.6 Å². The van der Waals surface area contributed by atoms with Crippen LogP contribution >= 0.6 is 0 Å². The topological polar surface area (TPSA) is 109 Å². The molecule has 0 aliphatic carbocycles. The molecule has 2 fully saturated rings. The van der Waals surface area contributed by atoms with Crippen LogP contribution in [0, 0.1) is 0 Å². The molecular formula is C12H17N3O5. The largest absolute Gasteiger partial charge is 0.394 e. The zero-order chi connectivity index (χ0) is 14.3. The Morgan fingerprint density at radius 1 is 1.55 bits per heavy atom. The van der Waals surface area contributed by atoms with E-state index in [1.54, 1.807) is 19.3 Å². The third-order valence-corrected chi connectivity index (χ3v) is 3.68. The molecule has 5 atom stereocenters. The molecule has 0 spiro atoms. The first-order valence-electron chi connectivity index (χ1n) is 6.51. The number of rotatable bonds is 3. The summed E-state index contributed by atoms with van der Waals surface area (Å²) in [5.74, 6) is 0.471. The van der Waals surface area contributed by atoms with Crippen molar-refractivity contribution in [3.63, 3.8) is 0 Å². The number of fused-ring (bicyclic) bond motifs is 1. The summed E-state index contributed by atoms with van der Waals surface area (Å²) in [7, 11) is 1.68. The van der Waals surface area contributed by atoms with E-state index in [-0.39, 0.29) is 18.8 Å². The molecule has 3 rings (SSSR count). The predicted octanol–water partition coefficient (Wildman–Crippen LogP) is -1.31. The highest BCUT2D eigenvalue weighted by atomic mass is 16.6. The van der Waals surface area contributed by atoms with E-state index in [0.29, 0.717) is 12.2 Å². The van der Waals surface area contributed by atoms with Crippen molar-refractivity contribution in [1.29, 1.82) is 0 Å². The summed E-state index contributed by atoms with van der Waals surface area (Å²) < 4.78 is 12.3.